The summed E-state index contributed by atoms with van der Waals surface area (Å²) in [7, 11) is 0. The zero-order valence-corrected chi connectivity index (χ0v) is 49.6. The Morgan fingerprint density at radius 2 is 1.36 bits per heavy atom. The lowest BCUT2D eigenvalue weighted by Gasteiger charge is -2.47. The van der Waals surface area contributed by atoms with Gasteiger partial charge in [0.2, 0.25) is 0 Å². The van der Waals surface area contributed by atoms with Crippen LogP contribution in [0.15, 0.2) is 67.0 Å². The number of pyridine rings is 1. The Labute approximate surface area is 497 Å². The lowest BCUT2D eigenvalue weighted by molar-refractivity contribution is -0.239. The molecule has 18 nitrogen and oxygen atoms in total. The molecule has 87 heavy (non-hydrogen) atoms. The topological polar surface area (TPSA) is 205 Å². The Bertz CT molecular complexity index is 3110. The number of carbonyl (C=O) groups excluding carboxylic acids is 4. The van der Waals surface area contributed by atoms with Crippen LogP contribution < -0.4 is 26.3 Å². The van der Waals surface area contributed by atoms with E-state index in [0.29, 0.717) is 74.1 Å². The fourth-order valence-corrected chi connectivity index (χ4v) is 10.1. The normalized spacial score (nSPS) is 18.4. The van der Waals surface area contributed by atoms with Crippen LogP contribution in [0, 0.1) is 34.3 Å². The molecule has 4 aromatic rings. The molecule has 6 atom stereocenters. The zero-order valence-electron chi connectivity index (χ0n) is 49.6. The van der Waals surface area contributed by atoms with Gasteiger partial charge in [0.25, 0.3) is 11.8 Å². The van der Waals surface area contributed by atoms with Gasteiger partial charge in [-0.1, -0.05) is 24.0 Å². The molecule has 0 spiro atoms. The molecule has 4 amide bonds. The summed E-state index contributed by atoms with van der Waals surface area (Å²) in [5.74, 6) is 0.731. The van der Waals surface area contributed by atoms with Crippen LogP contribution >= 0.6 is 0 Å². The first-order valence-electron chi connectivity index (χ1n) is 27.9. The van der Waals surface area contributed by atoms with Crippen LogP contribution in [-0.2, 0) is 36.8 Å². The van der Waals surface area contributed by atoms with Crippen molar-refractivity contribution in [1.82, 2.24) is 46.0 Å². The highest BCUT2D eigenvalue weighted by Gasteiger charge is 2.58. The molecule has 2 aromatic carbocycles. The van der Waals surface area contributed by atoms with Crippen molar-refractivity contribution in [3.05, 3.63) is 101 Å². The molecule has 5 heterocycles. The third-order valence-corrected chi connectivity index (χ3v) is 15.2. The fourth-order valence-electron chi connectivity index (χ4n) is 10.1. The first-order chi connectivity index (χ1) is 40.3. The number of nitrogens with zero attached hydrogens (tertiary/aromatic N) is 6. The van der Waals surface area contributed by atoms with E-state index in [4.69, 9.17) is 14.2 Å². The van der Waals surface area contributed by atoms with Crippen LogP contribution in [-0.4, -0.2) is 153 Å². The number of amides is 4. The number of halogens is 10. The number of benzene rings is 2. The Balaban J connectivity index is 1.21. The van der Waals surface area contributed by atoms with Crippen LogP contribution in [0.3, 0.4) is 0 Å². The molecule has 5 N–H and O–H groups in total. The molecule has 7 rings (SSSR count). The molecule has 2 bridgehead atoms. The fraction of sp³-hybridized carbons (Fsp3) is 0.559. The van der Waals surface area contributed by atoms with Crippen molar-refractivity contribution in [3.63, 3.8) is 0 Å². The van der Waals surface area contributed by atoms with Crippen molar-refractivity contribution >= 4 is 29.8 Å². The third-order valence-electron chi connectivity index (χ3n) is 15.2. The predicted octanol–water partition coefficient (Wildman–Crippen LogP) is 8.96. The Morgan fingerprint density at radius 1 is 0.770 bits per heavy atom. The minimum Gasteiger partial charge on any atom is -0.444 e. The van der Waals surface area contributed by atoms with E-state index in [1.807, 2.05) is 17.4 Å². The first-order valence-corrected chi connectivity index (χ1v) is 27.9. The quantitative estimate of drug-likeness (QED) is 0.0338. The maximum Gasteiger partial charge on any atom is 0.408 e. The predicted molar refractivity (Wildman–Crippen MR) is 297 cm³/mol. The number of anilines is 1. The van der Waals surface area contributed by atoms with E-state index in [1.54, 1.807) is 18.3 Å². The van der Waals surface area contributed by atoms with E-state index >= 15 is 8.78 Å². The Kier molecular flexibility index (Phi) is 20.3. The van der Waals surface area contributed by atoms with E-state index in [9.17, 15) is 59.4 Å². The number of rotatable bonds is 19. The maximum absolute atomic E-state index is 16.2. The van der Waals surface area contributed by atoms with Gasteiger partial charge in [-0.15, -0.1) is 0 Å². The molecule has 0 saturated carbocycles. The van der Waals surface area contributed by atoms with Crippen molar-refractivity contribution in [1.29, 1.82) is 0 Å². The van der Waals surface area contributed by atoms with Crippen molar-refractivity contribution in [3.8, 4) is 23.1 Å². The van der Waals surface area contributed by atoms with Gasteiger partial charge in [0.05, 0.1) is 42.5 Å². The molecule has 0 radical (unpaired) electrons. The van der Waals surface area contributed by atoms with Gasteiger partial charge in [0, 0.05) is 78.4 Å². The summed E-state index contributed by atoms with van der Waals surface area (Å²) in [6, 6.07) is 9.04. The average molecular weight is 1240 g/mol. The van der Waals surface area contributed by atoms with E-state index in [-0.39, 0.29) is 21.5 Å². The Hall–Kier alpha value is -7.22. The lowest BCUT2D eigenvalue weighted by Crippen LogP contribution is -2.63. The van der Waals surface area contributed by atoms with Gasteiger partial charge in [0.15, 0.2) is 6.10 Å². The number of aliphatic hydroxyl groups excluding tert-OH is 1. The largest absolute Gasteiger partial charge is 0.444 e. The number of fused-ring (bicyclic) bond motifs is 2. The first kappa shape index (κ1) is 67.3. The summed E-state index contributed by atoms with van der Waals surface area (Å²) >= 11 is 0. The van der Waals surface area contributed by atoms with Gasteiger partial charge in [-0.3, -0.25) is 19.9 Å². The van der Waals surface area contributed by atoms with Gasteiger partial charge in [0.1, 0.15) is 34.5 Å². The summed E-state index contributed by atoms with van der Waals surface area (Å²) in [4.78, 5) is 64.4. The second-order valence-corrected chi connectivity index (χ2v) is 25.1. The second-order valence-electron chi connectivity index (χ2n) is 25.1. The van der Waals surface area contributed by atoms with Gasteiger partial charge < -0.3 is 40.2 Å². The van der Waals surface area contributed by atoms with Gasteiger partial charge in [-0.2, -0.15) is 40.2 Å². The molecule has 0 aliphatic carbocycles. The number of aliphatic hydroxyl groups is 1. The number of alkyl halides is 8. The van der Waals surface area contributed by atoms with E-state index in [1.165, 1.54) is 53.7 Å². The van der Waals surface area contributed by atoms with Gasteiger partial charge in [-0.25, -0.2) is 33.0 Å². The van der Waals surface area contributed by atoms with Crippen molar-refractivity contribution in [2.45, 2.75) is 168 Å². The summed E-state index contributed by atoms with van der Waals surface area (Å²) in [6.07, 6.45) is -14.1. The molecule has 3 saturated heterocycles. The van der Waals surface area contributed by atoms with Crippen LogP contribution in [0.4, 0.5) is 59.3 Å². The van der Waals surface area contributed by atoms with Crippen LogP contribution in [0.25, 0.3) is 11.3 Å². The highest BCUT2D eigenvalue weighted by molar-refractivity contribution is 5.86. The molecular formula is C59H72F10N10O8. The van der Waals surface area contributed by atoms with Crippen LogP contribution in [0.2, 0.25) is 0 Å². The van der Waals surface area contributed by atoms with Crippen LogP contribution in [0.1, 0.15) is 111 Å². The monoisotopic (exact) mass is 1240 g/mol. The van der Waals surface area contributed by atoms with E-state index in [2.05, 4.69) is 47.8 Å². The Morgan fingerprint density at radius 3 is 1.86 bits per heavy atom. The average Bonchev–Trinajstić information content (AvgIpc) is 1.82. The zero-order chi connectivity index (χ0) is 64.4. The van der Waals surface area contributed by atoms with Crippen molar-refractivity contribution in [2.75, 3.05) is 37.7 Å². The number of ether oxygens (including phenoxy) is 3. The summed E-state index contributed by atoms with van der Waals surface area (Å²) < 4.78 is 164. The van der Waals surface area contributed by atoms with Crippen LogP contribution in [0.5, 0.6) is 0 Å². The van der Waals surface area contributed by atoms with Gasteiger partial charge >= 0.3 is 31.1 Å². The minimum atomic E-state index is -5.26. The summed E-state index contributed by atoms with van der Waals surface area (Å²) in [5.41, 5.74) is -6.92. The molecule has 28 heteroatoms. The maximum atomic E-state index is 16.2. The number of carbonyl (C=O) groups is 4. The van der Waals surface area contributed by atoms with Crippen molar-refractivity contribution in [2.24, 2.45) is 10.8 Å². The molecule has 2 aromatic heterocycles. The number of alkyl carbamates (subject to hydrolysis) is 2. The molecule has 476 valence electrons. The SMILES string of the molecule is CC(C)(C)NC(=O)O[C@H](C(=O)N[C@@H](Cc1ccc(C#Cc2ccc(N3C[C@@H]4CC[C@@H](C3)N4C3COC3)nc2)cc1)[C@@H](O)CN(Cc1c(F)cc(-c2ccn(C(F)F)n2)cc1F)NC(=O)[C@@H](NC(=O)OC(C)(C)C)C(C)(C)C(F)(F)F)C(C)(C)C(F)(F)F. The number of hydrogen-bond donors (Lipinski definition) is 5. The lowest BCUT2D eigenvalue weighted by atomic mass is 9.83. The summed E-state index contributed by atoms with van der Waals surface area (Å²) in [5, 5.41) is 22.9. The highest BCUT2D eigenvalue weighted by atomic mass is 19.4. The standard InChI is InChI=1S/C59H72F10N10O8/c1-54(2,3)73-53(84)86-48(57(9,10)59(67,68)69)50(82)71-44(23-34-14-11-33(12-15-34)13-16-35-17-20-46(70-26-35)76-27-37-18-19-38(28-76)79(37)39-31-85-32-39)45(80)30-77(29-40-41(60)24-36(25-42(40)61)43-21-22-78(74-43)51(62)63)75-49(81)47(56(7,8)58(64,65)66)72-52(83)87-55(4,5)6/h11-12,14-15,17,20-22,24-26,37-39,44-45,47-48,51,80H,18-19,23,27-32H2,1-10H3,(H,71,82)(H,72,83)(H,73,84)(H,75,81)/t37-,38-,44-,45-,47+,48+/m0/s1. The highest BCUT2D eigenvalue weighted by Crippen LogP contribution is 2.43. The number of hydrazine groups is 1. The minimum absolute atomic E-state index is 0.203. The molecule has 3 fully saturated rings. The summed E-state index contributed by atoms with van der Waals surface area (Å²) in [6.45, 7) is 8.58. The number of nitrogens with one attached hydrogen (secondary N) is 4. The second kappa shape index (κ2) is 26.2. The molecular weight excluding hydrogens is 1170 g/mol. The molecule has 3 aliphatic heterocycles. The van der Waals surface area contributed by atoms with E-state index in [0.717, 1.165) is 57.2 Å². The van der Waals surface area contributed by atoms with Gasteiger partial charge in [-0.05, 0) is 137 Å². The van der Waals surface area contributed by atoms with E-state index < -0.39 is 126 Å². The number of aromatic nitrogens is 3. The number of piperazine rings is 1. The smallest absolute Gasteiger partial charge is 0.408 e. The molecule has 0 unspecified atom stereocenters. The van der Waals surface area contributed by atoms with Crippen molar-refractivity contribution < 1.29 is 82.4 Å². The molecule has 3 aliphatic rings. The number of hydrogen-bond acceptors (Lipinski definition) is 13. The third kappa shape index (κ3) is 16.9.